The minimum absolute atomic E-state index is 0.0279. The number of hydrogen-bond donors (Lipinski definition) is 2. The first-order valence-corrected chi connectivity index (χ1v) is 7.20. The van der Waals surface area contributed by atoms with E-state index in [1.807, 2.05) is 7.05 Å². The van der Waals surface area contributed by atoms with Crippen molar-refractivity contribution < 1.29 is 9.90 Å². The van der Waals surface area contributed by atoms with Gasteiger partial charge < -0.3 is 10.4 Å². The first-order valence-electron chi connectivity index (χ1n) is 7.20. The molecule has 0 aliphatic rings. The van der Waals surface area contributed by atoms with Gasteiger partial charge >= 0.3 is 5.97 Å². The molecule has 0 aliphatic heterocycles. The van der Waals surface area contributed by atoms with Crippen LogP contribution < -0.4 is 5.32 Å². The number of nitrogens with zero attached hydrogens (tertiary/aromatic N) is 1. The number of amidine groups is 1. The van der Waals surface area contributed by atoms with E-state index in [9.17, 15) is 9.90 Å². The molecule has 0 unspecified atom stereocenters. The second-order valence-electron chi connectivity index (χ2n) is 5.67. The lowest BCUT2D eigenvalue weighted by atomic mass is 9.80. The van der Waals surface area contributed by atoms with Crippen molar-refractivity contribution in [3.63, 3.8) is 0 Å². The smallest absolute Gasteiger partial charge is 0.307 e. The molecule has 0 aromatic heterocycles. The Morgan fingerprint density at radius 2 is 1.50 bits per heavy atom. The van der Waals surface area contributed by atoms with E-state index in [1.54, 1.807) is 7.05 Å². The molecule has 0 rings (SSSR count). The lowest BCUT2D eigenvalue weighted by molar-refractivity contribution is -0.143. The number of rotatable bonds is 7. The van der Waals surface area contributed by atoms with E-state index in [0.717, 1.165) is 12.3 Å². The summed E-state index contributed by atoms with van der Waals surface area (Å²) >= 11 is 0. The quantitative estimate of drug-likeness (QED) is 0.427. The Hall–Kier alpha value is -1.32. The van der Waals surface area contributed by atoms with E-state index in [1.165, 1.54) is 0 Å². The molecule has 0 heterocycles. The predicted octanol–water partition coefficient (Wildman–Crippen LogP) is 3.45. The molecule has 0 saturated carbocycles. The molecule has 0 amide bonds. The van der Waals surface area contributed by atoms with Crippen LogP contribution in [-0.2, 0) is 4.79 Å². The summed E-state index contributed by atoms with van der Waals surface area (Å²) in [5, 5.41) is 12.5. The zero-order valence-corrected chi connectivity index (χ0v) is 13.9. The third kappa shape index (κ3) is 7.97. The van der Waals surface area contributed by atoms with Crippen LogP contribution in [0, 0.1) is 23.7 Å². The maximum Gasteiger partial charge on any atom is 0.307 e. The van der Waals surface area contributed by atoms with Crippen LogP contribution >= 0.6 is 0 Å². The van der Waals surface area contributed by atoms with Gasteiger partial charge in [0.25, 0.3) is 0 Å². The van der Waals surface area contributed by atoms with E-state index < -0.39 is 5.97 Å². The molecule has 4 nitrogen and oxygen atoms in total. The van der Waals surface area contributed by atoms with Gasteiger partial charge in [-0.1, -0.05) is 27.7 Å². The molecule has 2 N–H and O–H groups in total. The highest BCUT2D eigenvalue weighted by atomic mass is 16.4. The third-order valence-corrected chi connectivity index (χ3v) is 3.10. The Morgan fingerprint density at radius 1 is 1.10 bits per heavy atom. The molecule has 0 fully saturated rings. The summed E-state index contributed by atoms with van der Waals surface area (Å²) in [6.45, 7) is 14.4. The molecule has 20 heavy (non-hydrogen) atoms. The van der Waals surface area contributed by atoms with Crippen LogP contribution in [0.4, 0.5) is 0 Å². The summed E-state index contributed by atoms with van der Waals surface area (Å²) in [7, 11) is 3.53. The molecule has 2 atom stereocenters. The molecular weight excluding hydrogens is 252 g/mol. The first kappa shape index (κ1) is 21.0. The van der Waals surface area contributed by atoms with Gasteiger partial charge in [0, 0.05) is 20.0 Å². The Bertz CT molecular complexity index is 299. The molecule has 0 aromatic rings. The summed E-state index contributed by atoms with van der Waals surface area (Å²) < 4.78 is 0. The van der Waals surface area contributed by atoms with Crippen molar-refractivity contribution >= 4 is 11.8 Å². The number of nitrogens with one attached hydrogen (secondary N) is 1. The summed E-state index contributed by atoms with van der Waals surface area (Å²) in [5.41, 5.74) is 0. The Labute approximate surface area is 124 Å². The maximum atomic E-state index is 11.5. The molecule has 4 heteroatoms. The highest BCUT2D eigenvalue weighted by molar-refractivity contribution is 5.88. The lowest BCUT2D eigenvalue weighted by Crippen LogP contribution is -2.38. The summed E-state index contributed by atoms with van der Waals surface area (Å²) in [6.07, 6.45) is 1.53. The zero-order valence-electron chi connectivity index (χ0n) is 13.9. The predicted molar refractivity (Wildman–Crippen MR) is 87.2 cm³/mol. The van der Waals surface area contributed by atoms with Crippen molar-refractivity contribution in [2.45, 2.75) is 40.5 Å². The van der Waals surface area contributed by atoms with Gasteiger partial charge in [-0.25, -0.2) is 0 Å². The third-order valence-electron chi connectivity index (χ3n) is 3.10. The monoisotopic (exact) mass is 284 g/mol. The standard InChI is InChI=1S/C14H28N2O2.C2H4/c1-9(2)7-11(13(15-5)16-6)12(14(17)18)8-10(3)4;1-2/h9-12H,7-8H2,1-6H3,(H,15,16)(H,17,18);1-2H2/t11-,12-;/m0./s1. The van der Waals surface area contributed by atoms with Gasteiger partial charge in [0.2, 0.25) is 0 Å². The van der Waals surface area contributed by atoms with Gasteiger partial charge in [-0.2, -0.15) is 0 Å². The van der Waals surface area contributed by atoms with Crippen LogP contribution in [0.15, 0.2) is 18.2 Å². The van der Waals surface area contributed by atoms with Crippen LogP contribution in [0.2, 0.25) is 0 Å². The summed E-state index contributed by atoms with van der Waals surface area (Å²) in [6, 6.07) is 0. The van der Waals surface area contributed by atoms with Crippen LogP contribution in [0.1, 0.15) is 40.5 Å². The van der Waals surface area contributed by atoms with Crippen LogP contribution in [-0.4, -0.2) is 31.0 Å². The van der Waals surface area contributed by atoms with E-state index >= 15 is 0 Å². The molecule has 0 aromatic carbocycles. The van der Waals surface area contributed by atoms with Crippen molar-refractivity contribution in [1.82, 2.24) is 5.32 Å². The molecule has 0 saturated heterocycles. The van der Waals surface area contributed by atoms with Gasteiger partial charge in [-0.3, -0.25) is 9.79 Å². The molecular formula is C16H32N2O2. The average molecular weight is 284 g/mol. The van der Waals surface area contributed by atoms with E-state index in [4.69, 9.17) is 0 Å². The minimum atomic E-state index is -0.717. The zero-order chi connectivity index (χ0) is 16.3. The molecule has 118 valence electrons. The lowest BCUT2D eigenvalue weighted by Gasteiger charge is -2.27. The van der Waals surface area contributed by atoms with Crippen molar-refractivity contribution in [2.75, 3.05) is 14.1 Å². The number of carboxylic acid groups (broad SMARTS) is 1. The first-order chi connectivity index (χ1) is 9.33. The van der Waals surface area contributed by atoms with Gasteiger partial charge in [0.15, 0.2) is 0 Å². The van der Waals surface area contributed by atoms with Crippen molar-refractivity contribution in [2.24, 2.45) is 28.7 Å². The number of aliphatic imine (C=N–C) groups is 1. The van der Waals surface area contributed by atoms with Crippen molar-refractivity contribution in [1.29, 1.82) is 0 Å². The fourth-order valence-electron chi connectivity index (χ4n) is 2.38. The van der Waals surface area contributed by atoms with Crippen molar-refractivity contribution in [3.8, 4) is 0 Å². The van der Waals surface area contributed by atoms with Crippen molar-refractivity contribution in [3.05, 3.63) is 13.2 Å². The number of aliphatic carboxylic acids is 1. The maximum absolute atomic E-state index is 11.5. The fourth-order valence-corrected chi connectivity index (χ4v) is 2.38. The summed E-state index contributed by atoms with van der Waals surface area (Å²) in [4.78, 5) is 15.7. The summed E-state index contributed by atoms with van der Waals surface area (Å²) in [5.74, 6) is 0.519. The normalized spacial score (nSPS) is 14.5. The Balaban J connectivity index is 0. The molecule has 0 aliphatic carbocycles. The average Bonchev–Trinajstić information content (AvgIpc) is 2.37. The number of hydrogen-bond acceptors (Lipinski definition) is 2. The van der Waals surface area contributed by atoms with Gasteiger partial charge in [0.05, 0.1) is 11.8 Å². The minimum Gasteiger partial charge on any atom is -0.481 e. The fraction of sp³-hybridized carbons (Fsp3) is 0.750. The SMILES string of the molecule is C=C.CN=C(NC)[C@@H](CC(C)C)[C@H](CC(C)C)C(=O)O. The highest BCUT2D eigenvalue weighted by Crippen LogP contribution is 2.27. The largest absolute Gasteiger partial charge is 0.481 e. The van der Waals surface area contributed by atoms with Crippen LogP contribution in [0.25, 0.3) is 0 Å². The number of carbonyl (C=O) groups is 1. The Morgan fingerprint density at radius 3 is 1.75 bits per heavy atom. The van der Waals surface area contributed by atoms with E-state index in [0.29, 0.717) is 18.3 Å². The molecule has 0 bridgehead atoms. The molecule has 0 spiro atoms. The second-order valence-corrected chi connectivity index (χ2v) is 5.67. The van der Waals surface area contributed by atoms with Gasteiger partial charge in [-0.15, -0.1) is 13.2 Å². The Kier molecular flexibility index (Phi) is 12.1. The van der Waals surface area contributed by atoms with E-state index in [2.05, 4.69) is 51.2 Å². The van der Waals surface area contributed by atoms with Crippen LogP contribution in [0.5, 0.6) is 0 Å². The van der Waals surface area contributed by atoms with Gasteiger partial charge in [0.1, 0.15) is 0 Å². The van der Waals surface area contributed by atoms with Gasteiger partial charge in [-0.05, 0) is 24.7 Å². The van der Waals surface area contributed by atoms with Crippen LogP contribution in [0.3, 0.4) is 0 Å². The second kappa shape index (κ2) is 11.5. The number of carboxylic acids is 1. The highest BCUT2D eigenvalue weighted by Gasteiger charge is 2.32. The van der Waals surface area contributed by atoms with E-state index in [-0.39, 0.29) is 11.8 Å². The topological polar surface area (TPSA) is 61.7 Å². The molecule has 0 radical (unpaired) electrons.